The van der Waals surface area contributed by atoms with Crippen LogP contribution in [0.25, 0.3) is 0 Å². The lowest BCUT2D eigenvalue weighted by Gasteiger charge is -2.18. The van der Waals surface area contributed by atoms with Crippen LogP contribution in [0.15, 0.2) is 60.7 Å². The minimum absolute atomic E-state index is 0.415. The number of benzene rings is 2. The molecule has 0 aliphatic heterocycles. The van der Waals surface area contributed by atoms with E-state index in [1.165, 1.54) is 24.8 Å². The average Bonchev–Trinajstić information content (AvgIpc) is 3.40. The summed E-state index contributed by atoms with van der Waals surface area (Å²) < 4.78 is 0.415. The van der Waals surface area contributed by atoms with Crippen molar-refractivity contribution in [1.29, 1.82) is 0 Å². The van der Waals surface area contributed by atoms with E-state index >= 15 is 0 Å². The molecule has 0 nitrogen and oxygen atoms in total. The van der Waals surface area contributed by atoms with Crippen molar-refractivity contribution in [3.63, 3.8) is 0 Å². The first-order valence-corrected chi connectivity index (χ1v) is 8.60. The summed E-state index contributed by atoms with van der Waals surface area (Å²) >= 11 is 2.17. The highest BCUT2D eigenvalue weighted by Crippen LogP contribution is 2.69. The number of rotatable bonds is 5. The molecular weight excluding hydrogens is 260 g/mol. The highest BCUT2D eigenvalue weighted by atomic mass is 32.2. The Morgan fingerprint density at radius 3 is 2.20 bits per heavy atom. The Balaban J connectivity index is 1.55. The molecule has 102 valence electrons. The maximum absolute atomic E-state index is 2.33. The highest BCUT2D eigenvalue weighted by molar-refractivity contribution is 7.99. The second kappa shape index (κ2) is 4.96. The largest absolute Gasteiger partial charge is 0.145 e. The summed E-state index contributed by atoms with van der Waals surface area (Å²) in [7, 11) is 0. The first-order valence-electron chi connectivity index (χ1n) is 7.62. The van der Waals surface area contributed by atoms with Crippen LogP contribution < -0.4 is 0 Å². The van der Waals surface area contributed by atoms with Gasteiger partial charge in [0.1, 0.15) is 0 Å². The average molecular weight is 280 g/mol. The molecule has 0 bridgehead atoms. The Kier molecular flexibility index (Phi) is 3.11. The van der Waals surface area contributed by atoms with Crippen LogP contribution >= 0.6 is 11.8 Å². The molecule has 2 fully saturated rings. The number of thioether (sulfide) groups is 1. The molecule has 20 heavy (non-hydrogen) atoms. The zero-order valence-corrected chi connectivity index (χ0v) is 12.5. The zero-order chi connectivity index (χ0) is 13.4. The fourth-order valence-electron chi connectivity index (χ4n) is 3.40. The first-order chi connectivity index (χ1) is 9.88. The van der Waals surface area contributed by atoms with Crippen LogP contribution in [0.5, 0.6) is 0 Å². The van der Waals surface area contributed by atoms with Gasteiger partial charge < -0.3 is 0 Å². The van der Waals surface area contributed by atoms with Gasteiger partial charge in [0.15, 0.2) is 0 Å². The second-order valence-corrected chi connectivity index (χ2v) is 7.48. The van der Waals surface area contributed by atoms with E-state index in [1.807, 2.05) is 0 Å². The van der Waals surface area contributed by atoms with Gasteiger partial charge >= 0.3 is 0 Å². The molecule has 0 N–H and O–H groups in total. The van der Waals surface area contributed by atoms with Crippen molar-refractivity contribution < 1.29 is 0 Å². The topological polar surface area (TPSA) is 0 Å². The van der Waals surface area contributed by atoms with Gasteiger partial charge in [-0.1, -0.05) is 60.7 Å². The van der Waals surface area contributed by atoms with Crippen LogP contribution in [0.1, 0.15) is 30.4 Å². The molecule has 0 saturated heterocycles. The molecule has 2 aromatic rings. The molecule has 0 heterocycles. The molecule has 0 spiro atoms. The van der Waals surface area contributed by atoms with E-state index in [-0.39, 0.29) is 0 Å². The Morgan fingerprint density at radius 2 is 1.55 bits per heavy atom. The zero-order valence-electron chi connectivity index (χ0n) is 11.7. The van der Waals surface area contributed by atoms with Crippen molar-refractivity contribution >= 4 is 11.8 Å². The van der Waals surface area contributed by atoms with Gasteiger partial charge in [-0.3, -0.25) is 0 Å². The summed E-state index contributed by atoms with van der Waals surface area (Å²) in [4.78, 5) is 0. The van der Waals surface area contributed by atoms with Gasteiger partial charge in [0.2, 0.25) is 0 Å². The predicted octanol–water partition coefficient (Wildman–Crippen LogP) is 5.25. The Labute approximate surface area is 125 Å². The summed E-state index contributed by atoms with van der Waals surface area (Å²) in [5.41, 5.74) is 3.01. The lowest BCUT2D eigenvalue weighted by Crippen LogP contribution is -2.06. The van der Waals surface area contributed by atoms with Gasteiger partial charge in [0.05, 0.1) is 0 Å². The molecule has 2 atom stereocenters. The van der Waals surface area contributed by atoms with E-state index in [2.05, 4.69) is 72.4 Å². The van der Waals surface area contributed by atoms with E-state index in [4.69, 9.17) is 0 Å². The smallest absolute Gasteiger partial charge is 0.0446 e. The van der Waals surface area contributed by atoms with Crippen LogP contribution in [0.4, 0.5) is 0 Å². The molecular formula is C19H20S. The molecule has 2 unspecified atom stereocenters. The lowest BCUT2D eigenvalue weighted by atomic mass is 10.1. The molecule has 0 radical (unpaired) electrons. The quantitative estimate of drug-likeness (QED) is 0.721. The van der Waals surface area contributed by atoms with E-state index in [0.717, 1.165) is 17.6 Å². The number of hydrogen-bond acceptors (Lipinski definition) is 1. The van der Waals surface area contributed by atoms with Crippen LogP contribution in [0.2, 0.25) is 0 Å². The van der Waals surface area contributed by atoms with Crippen molar-refractivity contribution in [1.82, 2.24) is 0 Å². The first kappa shape index (κ1) is 12.5. The van der Waals surface area contributed by atoms with Crippen molar-refractivity contribution in [2.75, 3.05) is 0 Å². The molecule has 2 saturated carbocycles. The van der Waals surface area contributed by atoms with Crippen molar-refractivity contribution in [2.45, 2.75) is 29.8 Å². The second-order valence-electron chi connectivity index (χ2n) is 6.18. The third-order valence-corrected chi connectivity index (χ3v) is 6.45. The van der Waals surface area contributed by atoms with Crippen molar-refractivity contribution in [3.8, 4) is 0 Å². The maximum Gasteiger partial charge on any atom is 0.0446 e. The summed E-state index contributed by atoms with van der Waals surface area (Å²) in [6.45, 7) is 0. The van der Waals surface area contributed by atoms with E-state index < -0.39 is 0 Å². The van der Waals surface area contributed by atoms with Crippen LogP contribution in [-0.4, -0.2) is 0 Å². The summed E-state index contributed by atoms with van der Waals surface area (Å²) in [5.74, 6) is 3.08. The highest BCUT2D eigenvalue weighted by Gasteiger charge is 2.60. The minimum Gasteiger partial charge on any atom is -0.145 e. The fraction of sp³-hybridized carbons (Fsp3) is 0.368. The standard InChI is InChI=1S/C19H20S/c1-3-7-15(8-4-1)14-20-19(13-18(19)16-11-12-16)17-9-5-2-6-10-17/h1-10,16,18H,11-14H2. The van der Waals surface area contributed by atoms with Crippen LogP contribution in [0, 0.1) is 11.8 Å². The van der Waals surface area contributed by atoms with Gasteiger partial charge in [-0.25, -0.2) is 0 Å². The molecule has 2 aromatic carbocycles. The third-order valence-electron chi connectivity index (χ3n) is 4.75. The fourth-order valence-corrected chi connectivity index (χ4v) is 5.02. The molecule has 1 heteroatoms. The van der Waals surface area contributed by atoms with E-state index in [1.54, 1.807) is 5.56 Å². The van der Waals surface area contributed by atoms with Gasteiger partial charge in [-0.2, -0.15) is 0 Å². The lowest BCUT2D eigenvalue weighted by molar-refractivity contribution is 0.671. The van der Waals surface area contributed by atoms with E-state index in [0.29, 0.717) is 4.75 Å². The molecule has 0 aromatic heterocycles. The SMILES string of the molecule is c1ccc(CSC2(c3ccccc3)CC2C2CC2)cc1. The van der Waals surface area contributed by atoms with Crippen molar-refractivity contribution in [3.05, 3.63) is 71.8 Å². The summed E-state index contributed by atoms with van der Waals surface area (Å²) in [6, 6.07) is 22.1. The molecule has 0 amide bonds. The maximum atomic E-state index is 2.33. The van der Waals surface area contributed by atoms with Crippen molar-refractivity contribution in [2.24, 2.45) is 11.8 Å². The van der Waals surface area contributed by atoms with E-state index in [9.17, 15) is 0 Å². The normalized spacial score (nSPS) is 28.3. The monoisotopic (exact) mass is 280 g/mol. The Morgan fingerprint density at radius 1 is 0.900 bits per heavy atom. The van der Waals surface area contributed by atoms with Gasteiger partial charge in [0, 0.05) is 10.5 Å². The van der Waals surface area contributed by atoms with Crippen LogP contribution in [0.3, 0.4) is 0 Å². The van der Waals surface area contributed by atoms with Gasteiger partial charge in [0.25, 0.3) is 0 Å². The van der Waals surface area contributed by atoms with Gasteiger partial charge in [-0.05, 0) is 42.2 Å². The van der Waals surface area contributed by atoms with Gasteiger partial charge in [-0.15, -0.1) is 11.8 Å². The molecule has 2 aliphatic carbocycles. The Hall–Kier alpha value is -1.21. The molecule has 4 rings (SSSR count). The summed E-state index contributed by atoms with van der Waals surface area (Å²) in [5, 5.41) is 0. The predicted molar refractivity (Wildman–Crippen MR) is 86.7 cm³/mol. The number of hydrogen-bond donors (Lipinski definition) is 0. The summed E-state index contributed by atoms with van der Waals surface area (Å²) in [6.07, 6.45) is 4.31. The van der Waals surface area contributed by atoms with Crippen LogP contribution in [-0.2, 0) is 10.5 Å². The minimum atomic E-state index is 0.415. The molecule has 2 aliphatic rings. The Bertz CT molecular complexity index is 573. The third kappa shape index (κ3) is 2.29.